The Balaban J connectivity index is 2.40. The molecular weight excluding hydrogens is 204 g/mol. The Morgan fingerprint density at radius 3 is 3.00 bits per heavy atom. The van der Waals surface area contributed by atoms with Gasteiger partial charge in [0.05, 0.1) is 16.5 Å². The first-order valence-corrected chi connectivity index (χ1v) is 5.07. The van der Waals surface area contributed by atoms with Gasteiger partial charge in [0, 0.05) is 19.4 Å². The van der Waals surface area contributed by atoms with Crippen LogP contribution >= 0.6 is 0 Å². The van der Waals surface area contributed by atoms with E-state index in [2.05, 4.69) is 0 Å². The van der Waals surface area contributed by atoms with E-state index in [1.807, 2.05) is 40.5 Å². The van der Waals surface area contributed by atoms with Gasteiger partial charge in [-0.2, -0.15) is 0 Å². The predicted molar refractivity (Wildman–Crippen MR) is 58.8 cm³/mol. The van der Waals surface area contributed by atoms with Crippen LogP contribution in [0.4, 0.5) is 0 Å². The lowest BCUT2D eigenvalue weighted by molar-refractivity contribution is 0.0755. The smallest absolute Gasteiger partial charge is 0.344 e. The maximum atomic E-state index is 11.6. The zero-order chi connectivity index (χ0) is 10.9. The number of aryl methyl sites for hydroxylation is 1. The maximum Gasteiger partial charge on any atom is 0.344 e. The molecule has 3 aromatic rings. The fourth-order valence-electron chi connectivity index (χ4n) is 2.45. The van der Waals surface area contributed by atoms with E-state index in [1.165, 1.54) is 0 Å². The van der Waals surface area contributed by atoms with E-state index >= 15 is 0 Å². The first kappa shape index (κ1) is 7.98. The van der Waals surface area contributed by atoms with Crippen molar-refractivity contribution in [2.75, 3.05) is 0 Å². The maximum absolute atomic E-state index is 11.6. The number of imidazole rings is 1. The summed E-state index contributed by atoms with van der Waals surface area (Å²) in [5, 5.41) is 0.929. The molecule has 4 rings (SSSR count). The number of esters is 1. The van der Waals surface area contributed by atoms with Gasteiger partial charge < -0.3 is 9.30 Å². The summed E-state index contributed by atoms with van der Waals surface area (Å²) in [4.78, 5) is 11.6. The van der Waals surface area contributed by atoms with Crippen LogP contribution in [0, 0.1) is 0 Å². The normalized spacial score (nSPS) is 13.9. The number of hydrogen-bond acceptors (Lipinski definition) is 2. The van der Waals surface area contributed by atoms with E-state index < -0.39 is 0 Å². The Morgan fingerprint density at radius 2 is 2.12 bits per heavy atom. The number of fused-ring (bicyclic) bond motifs is 3. The lowest BCUT2D eigenvalue weighted by atomic mass is 10.1. The van der Waals surface area contributed by atoms with Gasteiger partial charge in [-0.1, -0.05) is 6.07 Å². The van der Waals surface area contributed by atoms with Crippen molar-refractivity contribution >= 4 is 22.5 Å². The molecule has 0 radical (unpaired) electrons. The average Bonchev–Trinajstić information content (AvgIpc) is 2.89. The molecule has 0 fully saturated rings. The molecule has 0 bridgehead atoms. The third-order valence-corrected chi connectivity index (χ3v) is 3.15. The summed E-state index contributed by atoms with van der Waals surface area (Å²) < 4.78 is 9.33. The van der Waals surface area contributed by atoms with E-state index in [0.29, 0.717) is 11.3 Å². The van der Waals surface area contributed by atoms with Crippen molar-refractivity contribution in [3.63, 3.8) is 0 Å². The molecule has 1 aliphatic heterocycles. The number of carbonyl (C=O) groups excluding carboxylic acids is 1. The number of ether oxygens (including phenoxy) is 1. The summed E-state index contributed by atoms with van der Waals surface area (Å²) in [6.45, 7) is 0. The Hall–Kier alpha value is -2.23. The number of rotatable bonds is 0. The minimum absolute atomic E-state index is 0.251. The van der Waals surface area contributed by atoms with Crippen LogP contribution < -0.4 is 4.74 Å². The van der Waals surface area contributed by atoms with Gasteiger partial charge in [-0.15, -0.1) is 0 Å². The third kappa shape index (κ3) is 0.681. The Morgan fingerprint density at radius 1 is 1.25 bits per heavy atom. The molecule has 4 heteroatoms. The van der Waals surface area contributed by atoms with E-state index in [0.717, 1.165) is 16.6 Å². The van der Waals surface area contributed by atoms with Crippen LogP contribution in [-0.4, -0.2) is 14.9 Å². The second-order valence-corrected chi connectivity index (χ2v) is 4.02. The minimum Gasteiger partial charge on any atom is -0.418 e. The van der Waals surface area contributed by atoms with Gasteiger partial charge in [0.15, 0.2) is 11.4 Å². The molecule has 0 saturated heterocycles. The molecule has 0 N–H and O–H groups in total. The molecule has 3 heterocycles. The highest BCUT2D eigenvalue weighted by molar-refractivity contribution is 6.15. The highest BCUT2D eigenvalue weighted by atomic mass is 16.5. The van der Waals surface area contributed by atoms with Crippen LogP contribution in [0.5, 0.6) is 5.75 Å². The summed E-state index contributed by atoms with van der Waals surface area (Å²) in [6, 6.07) is 5.69. The van der Waals surface area contributed by atoms with Crippen molar-refractivity contribution in [3.05, 3.63) is 36.2 Å². The van der Waals surface area contributed by atoms with Crippen molar-refractivity contribution in [3.8, 4) is 5.75 Å². The van der Waals surface area contributed by atoms with Crippen LogP contribution in [0.15, 0.2) is 30.6 Å². The summed E-state index contributed by atoms with van der Waals surface area (Å²) >= 11 is 0. The van der Waals surface area contributed by atoms with Crippen molar-refractivity contribution in [2.45, 2.75) is 0 Å². The van der Waals surface area contributed by atoms with Crippen molar-refractivity contribution in [2.24, 2.45) is 7.05 Å². The number of aromatic nitrogens is 2. The van der Waals surface area contributed by atoms with Crippen LogP contribution in [0.2, 0.25) is 0 Å². The largest absolute Gasteiger partial charge is 0.418 e. The molecule has 16 heavy (non-hydrogen) atoms. The Labute approximate surface area is 90.6 Å². The fraction of sp³-hybridized carbons (Fsp3) is 0.0833. The molecule has 0 saturated carbocycles. The lowest BCUT2D eigenvalue weighted by Gasteiger charge is -1.97. The monoisotopic (exact) mass is 212 g/mol. The molecular formula is C12H8N2O2. The number of carbonyl (C=O) groups is 1. The third-order valence-electron chi connectivity index (χ3n) is 3.15. The molecule has 0 unspecified atom stereocenters. The molecule has 78 valence electrons. The second-order valence-electron chi connectivity index (χ2n) is 4.02. The number of nitrogens with zero attached hydrogens (tertiary/aromatic N) is 2. The summed E-state index contributed by atoms with van der Waals surface area (Å²) in [7, 11) is 1.94. The fourth-order valence-corrected chi connectivity index (χ4v) is 2.45. The predicted octanol–water partition coefficient (Wildman–Crippen LogP) is 1.96. The summed E-state index contributed by atoms with van der Waals surface area (Å²) in [6.07, 6.45) is 3.92. The minimum atomic E-state index is -0.251. The van der Waals surface area contributed by atoms with Gasteiger partial charge in [0.25, 0.3) is 0 Å². The van der Waals surface area contributed by atoms with Gasteiger partial charge in [-0.25, -0.2) is 4.79 Å². The topological polar surface area (TPSA) is 35.6 Å². The first-order valence-electron chi connectivity index (χ1n) is 5.07. The first-order chi connectivity index (χ1) is 7.77. The average molecular weight is 212 g/mol. The van der Waals surface area contributed by atoms with Gasteiger partial charge >= 0.3 is 5.97 Å². The van der Waals surface area contributed by atoms with E-state index in [9.17, 15) is 4.79 Å². The van der Waals surface area contributed by atoms with Gasteiger partial charge in [-0.05, 0) is 12.1 Å². The van der Waals surface area contributed by atoms with Crippen LogP contribution in [0.25, 0.3) is 16.6 Å². The Kier molecular flexibility index (Phi) is 1.14. The molecule has 1 aliphatic rings. The van der Waals surface area contributed by atoms with Crippen LogP contribution in [0.3, 0.4) is 0 Å². The second kappa shape index (κ2) is 2.29. The van der Waals surface area contributed by atoms with Crippen LogP contribution in [-0.2, 0) is 7.05 Å². The zero-order valence-electron chi connectivity index (χ0n) is 8.60. The quantitative estimate of drug-likeness (QED) is 0.534. The molecule has 0 spiro atoms. The molecule has 0 atom stereocenters. The molecule has 2 aromatic heterocycles. The van der Waals surface area contributed by atoms with Gasteiger partial charge in [-0.3, -0.25) is 4.40 Å². The number of benzene rings is 1. The van der Waals surface area contributed by atoms with Crippen LogP contribution in [0.1, 0.15) is 10.4 Å². The van der Waals surface area contributed by atoms with Crippen molar-refractivity contribution in [1.82, 2.24) is 8.97 Å². The highest BCUT2D eigenvalue weighted by Gasteiger charge is 2.29. The standard InChI is InChI=1S/C12H8N2O2/c1-13-5-6-14-8-4-2-3-7-9(8)10(11(13)14)16-12(7)15/h2-6H,1H3. The van der Waals surface area contributed by atoms with Crippen molar-refractivity contribution in [1.29, 1.82) is 0 Å². The molecule has 4 nitrogen and oxygen atoms in total. The SMILES string of the molecule is Cn1ccn2c3cccc4c3c(c12)OC4=O. The molecule has 0 aliphatic carbocycles. The summed E-state index contributed by atoms with van der Waals surface area (Å²) in [5.74, 6) is 0.433. The van der Waals surface area contributed by atoms with Crippen molar-refractivity contribution < 1.29 is 9.53 Å². The van der Waals surface area contributed by atoms with E-state index in [1.54, 1.807) is 6.07 Å². The van der Waals surface area contributed by atoms with Gasteiger partial charge in [0.2, 0.25) is 0 Å². The lowest BCUT2D eigenvalue weighted by Crippen LogP contribution is -2.02. The highest BCUT2D eigenvalue weighted by Crippen LogP contribution is 2.40. The Bertz CT molecular complexity index is 764. The number of hydrogen-bond donors (Lipinski definition) is 0. The molecule has 1 aromatic carbocycles. The van der Waals surface area contributed by atoms with E-state index in [4.69, 9.17) is 4.74 Å². The summed E-state index contributed by atoms with van der Waals surface area (Å²) in [5.41, 5.74) is 2.61. The zero-order valence-corrected chi connectivity index (χ0v) is 8.60. The van der Waals surface area contributed by atoms with E-state index in [-0.39, 0.29) is 5.97 Å². The molecule has 0 amide bonds. The van der Waals surface area contributed by atoms with Gasteiger partial charge in [0.1, 0.15) is 0 Å².